The third kappa shape index (κ3) is 7.31. The summed E-state index contributed by atoms with van der Waals surface area (Å²) < 4.78 is 57.5. The van der Waals surface area contributed by atoms with Crippen LogP contribution in [0.2, 0.25) is 0 Å². The van der Waals surface area contributed by atoms with E-state index in [4.69, 9.17) is 14.2 Å². The molecule has 11 heteroatoms. The zero-order valence-corrected chi connectivity index (χ0v) is 27.4. The topological polar surface area (TPSA) is 80.3 Å². The molecule has 254 valence electrons. The Morgan fingerprint density at radius 3 is 2.25 bits per heavy atom. The summed E-state index contributed by atoms with van der Waals surface area (Å²) >= 11 is 0. The van der Waals surface area contributed by atoms with Crippen LogP contribution in [0.5, 0.6) is 17.2 Å². The van der Waals surface area contributed by atoms with E-state index in [1.807, 2.05) is 46.2 Å². The van der Waals surface area contributed by atoms with Crippen LogP contribution >= 0.6 is 0 Å². The molecule has 0 aromatic heterocycles. The van der Waals surface area contributed by atoms with Gasteiger partial charge in [0.15, 0.2) is 17.4 Å². The fourth-order valence-corrected chi connectivity index (χ4v) is 6.65. The number of ether oxygens (including phenoxy) is 3. The third-order valence-corrected chi connectivity index (χ3v) is 9.25. The Labute approximate surface area is 278 Å². The van der Waals surface area contributed by atoms with Crippen molar-refractivity contribution in [1.29, 1.82) is 0 Å². The lowest BCUT2D eigenvalue weighted by Gasteiger charge is -2.44. The SMILES string of the molecule is COc1cc(CN(C(=O)C2=C(c3ccc(CCCOc4c(F)ccc(F)c4F)cc3)C[C@@H]3CN(C(C)=O)C[C@H]2N3)C2CC2)cc(OC)c1. The van der Waals surface area contributed by atoms with Crippen molar-refractivity contribution in [3.8, 4) is 17.2 Å². The molecule has 0 radical (unpaired) electrons. The number of amides is 2. The van der Waals surface area contributed by atoms with Gasteiger partial charge in [0.05, 0.1) is 26.9 Å². The molecule has 0 unspecified atom stereocenters. The lowest BCUT2D eigenvalue weighted by Crippen LogP contribution is -2.61. The molecule has 2 amide bonds. The second kappa shape index (κ2) is 14.3. The summed E-state index contributed by atoms with van der Waals surface area (Å²) in [5.41, 5.74) is 4.48. The van der Waals surface area contributed by atoms with Crippen molar-refractivity contribution in [1.82, 2.24) is 15.1 Å². The Balaban J connectivity index is 1.24. The maximum atomic E-state index is 14.7. The number of rotatable bonds is 12. The number of halogens is 3. The maximum absolute atomic E-state index is 14.7. The summed E-state index contributed by atoms with van der Waals surface area (Å²) in [5, 5.41) is 3.62. The first kappa shape index (κ1) is 33.4. The Morgan fingerprint density at radius 1 is 0.917 bits per heavy atom. The summed E-state index contributed by atoms with van der Waals surface area (Å²) in [5.74, 6) is -2.91. The van der Waals surface area contributed by atoms with Gasteiger partial charge in [-0.2, -0.15) is 4.39 Å². The predicted octanol–water partition coefficient (Wildman–Crippen LogP) is 5.67. The van der Waals surface area contributed by atoms with Gasteiger partial charge in [0.1, 0.15) is 11.5 Å². The molecule has 1 saturated heterocycles. The van der Waals surface area contributed by atoms with Gasteiger partial charge in [-0.25, -0.2) is 8.78 Å². The fraction of sp³-hybridized carbons (Fsp3) is 0.405. The van der Waals surface area contributed by atoms with Crippen molar-refractivity contribution in [2.24, 2.45) is 0 Å². The number of hydrogen-bond acceptors (Lipinski definition) is 6. The summed E-state index contributed by atoms with van der Waals surface area (Å²) in [4.78, 5) is 30.9. The van der Waals surface area contributed by atoms with Crippen molar-refractivity contribution in [3.05, 3.63) is 94.3 Å². The van der Waals surface area contributed by atoms with Gasteiger partial charge in [-0.3, -0.25) is 9.59 Å². The van der Waals surface area contributed by atoms with Gasteiger partial charge in [0.2, 0.25) is 11.7 Å². The van der Waals surface area contributed by atoms with Crippen LogP contribution in [0.25, 0.3) is 5.57 Å². The minimum atomic E-state index is -1.33. The highest BCUT2D eigenvalue weighted by Gasteiger charge is 2.43. The number of nitrogens with one attached hydrogen (secondary N) is 1. The number of carbonyl (C=O) groups excluding carboxylic acids is 2. The molecule has 0 spiro atoms. The van der Waals surface area contributed by atoms with E-state index in [2.05, 4.69) is 5.32 Å². The van der Waals surface area contributed by atoms with Gasteiger partial charge in [-0.05, 0) is 78.6 Å². The minimum absolute atomic E-state index is 0.0108. The number of aryl methyl sites for hydroxylation is 1. The van der Waals surface area contributed by atoms with Gasteiger partial charge in [-0.15, -0.1) is 0 Å². The van der Waals surface area contributed by atoms with E-state index in [9.17, 15) is 22.8 Å². The van der Waals surface area contributed by atoms with Crippen LogP contribution in [-0.2, 0) is 22.6 Å². The van der Waals surface area contributed by atoms with E-state index < -0.39 is 23.2 Å². The molecule has 3 aromatic carbocycles. The second-order valence-electron chi connectivity index (χ2n) is 12.6. The van der Waals surface area contributed by atoms with Gasteiger partial charge in [-0.1, -0.05) is 24.3 Å². The van der Waals surface area contributed by atoms with Crippen molar-refractivity contribution in [3.63, 3.8) is 0 Å². The quantitative estimate of drug-likeness (QED) is 0.199. The number of fused-ring (bicyclic) bond motifs is 2. The average Bonchev–Trinajstić information content (AvgIpc) is 3.93. The van der Waals surface area contributed by atoms with E-state index in [1.54, 1.807) is 27.2 Å². The fourth-order valence-electron chi connectivity index (χ4n) is 6.65. The van der Waals surface area contributed by atoms with Gasteiger partial charge < -0.3 is 29.3 Å². The molecule has 2 heterocycles. The number of hydrogen-bond donors (Lipinski definition) is 1. The molecule has 48 heavy (non-hydrogen) atoms. The Hall–Kier alpha value is -4.51. The molecular formula is C37H40F3N3O5. The maximum Gasteiger partial charge on any atom is 0.252 e. The first-order valence-electron chi connectivity index (χ1n) is 16.3. The average molecular weight is 664 g/mol. The van der Waals surface area contributed by atoms with Crippen molar-refractivity contribution in [2.75, 3.05) is 33.9 Å². The van der Waals surface area contributed by atoms with Gasteiger partial charge >= 0.3 is 0 Å². The predicted molar refractivity (Wildman–Crippen MR) is 174 cm³/mol. The number of carbonyl (C=O) groups is 2. The highest BCUT2D eigenvalue weighted by molar-refractivity contribution is 6.03. The zero-order valence-electron chi connectivity index (χ0n) is 27.4. The monoisotopic (exact) mass is 663 g/mol. The molecule has 1 N–H and O–H groups in total. The van der Waals surface area contributed by atoms with Crippen LogP contribution in [0.3, 0.4) is 0 Å². The Kier molecular flexibility index (Phi) is 9.96. The molecule has 3 aromatic rings. The van der Waals surface area contributed by atoms with Crippen LogP contribution in [0, 0.1) is 17.5 Å². The standard InChI is InChI=1S/C37H40F3N3O5/c1-22(44)42-20-26-17-30(25-8-6-23(7-9-25)5-4-14-48-36-32(39)13-12-31(38)35(36)40)34(33(21-42)41-26)37(45)43(27-10-11-27)19-24-15-28(46-2)18-29(16-24)47-3/h6-9,12-13,15-16,18,26-27,33,41H,4-5,10-11,14,17,19-21H2,1-3H3/t26-,33-/m1/s1. The summed E-state index contributed by atoms with van der Waals surface area (Å²) in [6.45, 7) is 2.95. The molecule has 2 bridgehead atoms. The van der Waals surface area contributed by atoms with Gasteiger partial charge in [0, 0.05) is 50.3 Å². The second-order valence-corrected chi connectivity index (χ2v) is 12.6. The minimum Gasteiger partial charge on any atom is -0.497 e. The van der Waals surface area contributed by atoms with Gasteiger partial charge in [0.25, 0.3) is 5.91 Å². The van der Waals surface area contributed by atoms with Crippen LogP contribution in [0.15, 0.2) is 60.2 Å². The van der Waals surface area contributed by atoms with E-state index >= 15 is 0 Å². The Morgan fingerprint density at radius 2 is 1.60 bits per heavy atom. The van der Waals surface area contributed by atoms with Crippen LogP contribution in [0.4, 0.5) is 13.2 Å². The van der Waals surface area contributed by atoms with E-state index in [-0.39, 0.29) is 36.5 Å². The zero-order chi connectivity index (χ0) is 33.9. The van der Waals surface area contributed by atoms with Crippen molar-refractivity contribution >= 4 is 17.4 Å². The summed E-state index contributed by atoms with van der Waals surface area (Å²) in [6.07, 6.45) is 3.47. The smallest absolute Gasteiger partial charge is 0.252 e. The molecule has 3 aliphatic rings. The van der Waals surface area contributed by atoms with E-state index in [0.717, 1.165) is 47.2 Å². The van der Waals surface area contributed by atoms with E-state index in [0.29, 0.717) is 56.0 Å². The highest BCUT2D eigenvalue weighted by Crippen LogP contribution is 2.38. The largest absolute Gasteiger partial charge is 0.497 e. The molecule has 2 aliphatic heterocycles. The first-order chi connectivity index (χ1) is 23.1. The van der Waals surface area contributed by atoms with Crippen LogP contribution < -0.4 is 19.5 Å². The Bertz CT molecular complexity index is 1690. The highest BCUT2D eigenvalue weighted by atomic mass is 19.2. The molecular weight excluding hydrogens is 623 g/mol. The normalized spacial score (nSPS) is 18.8. The van der Waals surface area contributed by atoms with Crippen LogP contribution in [-0.4, -0.2) is 73.7 Å². The number of nitrogens with zero attached hydrogens (tertiary/aromatic N) is 2. The molecule has 1 saturated carbocycles. The van der Waals surface area contributed by atoms with E-state index in [1.165, 1.54) is 0 Å². The molecule has 2 fully saturated rings. The lowest BCUT2D eigenvalue weighted by atomic mass is 9.82. The van der Waals surface area contributed by atoms with Crippen molar-refractivity contribution < 1.29 is 37.0 Å². The van der Waals surface area contributed by atoms with Crippen LogP contribution in [0.1, 0.15) is 49.3 Å². The molecule has 2 atom stereocenters. The number of methoxy groups -OCH3 is 2. The summed E-state index contributed by atoms with van der Waals surface area (Å²) in [7, 11) is 3.20. The number of piperazine rings is 1. The molecule has 6 rings (SSSR count). The lowest BCUT2D eigenvalue weighted by molar-refractivity contribution is -0.132. The third-order valence-electron chi connectivity index (χ3n) is 9.25. The molecule has 8 nitrogen and oxygen atoms in total. The van der Waals surface area contributed by atoms with Crippen molar-refractivity contribution in [2.45, 2.75) is 63.7 Å². The summed E-state index contributed by atoms with van der Waals surface area (Å²) in [6, 6.07) is 15.0. The first-order valence-corrected chi connectivity index (χ1v) is 16.3. The number of benzene rings is 3. The molecule has 1 aliphatic carbocycles.